The number of carbonyl (C=O) groups is 2. The molecule has 0 radical (unpaired) electrons. The number of ketones is 1. The lowest BCUT2D eigenvalue weighted by molar-refractivity contribution is -0.120. The first kappa shape index (κ1) is 28.4. The number of aromatic nitrogens is 3. The predicted octanol–water partition coefficient (Wildman–Crippen LogP) is 4.33. The number of carbonyl (C=O) groups excluding carboxylic acids is 2. The van der Waals surface area contributed by atoms with Crippen molar-refractivity contribution in [3.63, 3.8) is 0 Å². The molecule has 2 atom stereocenters. The van der Waals surface area contributed by atoms with Gasteiger partial charge in [-0.3, -0.25) is 14.2 Å². The Bertz CT molecular complexity index is 1480. The summed E-state index contributed by atoms with van der Waals surface area (Å²) >= 11 is 0. The van der Waals surface area contributed by atoms with E-state index in [1.807, 2.05) is 44.3 Å². The van der Waals surface area contributed by atoms with Crippen molar-refractivity contribution in [3.05, 3.63) is 54.0 Å². The number of hydrogen-bond acceptors (Lipinski definition) is 7. The number of anilines is 1. The van der Waals surface area contributed by atoms with Crippen LogP contribution in [0, 0.1) is 11.8 Å². The Balaban J connectivity index is 1.27. The molecule has 3 aromatic rings. The molecule has 0 aliphatic heterocycles. The van der Waals surface area contributed by atoms with Crippen LogP contribution in [-0.4, -0.2) is 60.5 Å². The van der Waals surface area contributed by atoms with Gasteiger partial charge in [0.25, 0.3) is 0 Å². The molecule has 2 unspecified atom stereocenters. The average molecular weight is 566 g/mol. The summed E-state index contributed by atoms with van der Waals surface area (Å²) in [5.74, 6) is 1.18. The molecule has 2 aliphatic rings. The number of fused-ring (bicyclic) bond motifs is 1. The SMILES string of the molecule is CNS(=O)(=O)C[C@H]1CC[C@H](N(C)c2ncnc3c2ccn3C(=O)C(C)c2ccc(CC3CCCC3=O)cc2)CC1. The lowest BCUT2D eigenvalue weighted by atomic mass is 9.86. The van der Waals surface area contributed by atoms with E-state index < -0.39 is 10.0 Å². The lowest BCUT2D eigenvalue weighted by Crippen LogP contribution is -2.38. The third kappa shape index (κ3) is 5.98. The molecule has 0 spiro atoms. The molecular weight excluding hydrogens is 526 g/mol. The van der Waals surface area contributed by atoms with Gasteiger partial charge in [-0.15, -0.1) is 0 Å². The number of Topliss-reactive ketones (excluding diaryl/α,β-unsaturated/α-hetero) is 1. The van der Waals surface area contributed by atoms with Crippen molar-refractivity contribution in [1.82, 2.24) is 19.3 Å². The molecule has 0 bridgehead atoms. The van der Waals surface area contributed by atoms with Gasteiger partial charge < -0.3 is 4.90 Å². The monoisotopic (exact) mass is 565 g/mol. The van der Waals surface area contributed by atoms with Gasteiger partial charge in [-0.2, -0.15) is 0 Å². The molecule has 2 fully saturated rings. The fourth-order valence-electron chi connectivity index (χ4n) is 6.34. The van der Waals surface area contributed by atoms with E-state index in [-0.39, 0.29) is 35.5 Å². The van der Waals surface area contributed by atoms with E-state index in [1.54, 1.807) is 10.8 Å². The van der Waals surface area contributed by atoms with Crippen molar-refractivity contribution in [2.24, 2.45) is 11.8 Å². The number of benzene rings is 1. The highest BCUT2D eigenvalue weighted by Gasteiger charge is 2.29. The Labute approximate surface area is 236 Å². The maximum atomic E-state index is 13.6. The minimum atomic E-state index is -3.21. The zero-order valence-electron chi connectivity index (χ0n) is 23.5. The Kier molecular flexibility index (Phi) is 8.37. The summed E-state index contributed by atoms with van der Waals surface area (Å²) < 4.78 is 27.9. The van der Waals surface area contributed by atoms with Crippen LogP contribution in [0.25, 0.3) is 11.0 Å². The van der Waals surface area contributed by atoms with E-state index in [1.165, 1.54) is 13.4 Å². The second-order valence-electron chi connectivity index (χ2n) is 11.5. The Morgan fingerprint density at radius 3 is 2.48 bits per heavy atom. The standard InChI is InChI=1S/C30H39N5O4S/c1-20(23-11-7-21(8-12-23)17-24-5-4-6-27(24)36)30(37)35-16-15-26-28(32-19-33-29(26)35)34(3)25-13-9-22(10-14-25)18-40(38,39)31-2/h7-8,11-12,15-16,19-20,22,24-25,31H,4-6,9-10,13-14,17-18H2,1-3H3/t20?,22-,24?,25-. The van der Waals surface area contributed by atoms with Gasteiger partial charge in [0.1, 0.15) is 17.9 Å². The quantitative estimate of drug-likeness (QED) is 0.411. The molecule has 2 aliphatic carbocycles. The molecule has 10 heteroatoms. The first-order valence-corrected chi connectivity index (χ1v) is 15.9. The topological polar surface area (TPSA) is 114 Å². The van der Waals surface area contributed by atoms with Crippen LogP contribution in [0.5, 0.6) is 0 Å². The fourth-order valence-corrected chi connectivity index (χ4v) is 7.46. The molecule has 2 aromatic heterocycles. The molecular formula is C30H39N5O4S. The molecule has 40 heavy (non-hydrogen) atoms. The zero-order valence-corrected chi connectivity index (χ0v) is 24.4. The third-order valence-electron chi connectivity index (χ3n) is 8.93. The fraction of sp³-hybridized carbons (Fsp3) is 0.533. The van der Waals surface area contributed by atoms with E-state index in [2.05, 4.69) is 19.6 Å². The van der Waals surface area contributed by atoms with Crippen LogP contribution < -0.4 is 9.62 Å². The molecule has 0 saturated heterocycles. The minimum absolute atomic E-state index is 0.0627. The van der Waals surface area contributed by atoms with E-state index >= 15 is 0 Å². The first-order valence-electron chi connectivity index (χ1n) is 14.3. The Morgan fingerprint density at radius 2 is 1.82 bits per heavy atom. The summed E-state index contributed by atoms with van der Waals surface area (Å²) in [6, 6.07) is 10.2. The summed E-state index contributed by atoms with van der Waals surface area (Å²) in [6.45, 7) is 1.91. The highest BCUT2D eigenvalue weighted by atomic mass is 32.2. The highest BCUT2D eigenvalue weighted by Crippen LogP contribution is 2.33. The second kappa shape index (κ2) is 11.8. The van der Waals surface area contributed by atoms with E-state index in [0.29, 0.717) is 17.9 Å². The van der Waals surface area contributed by atoms with Crippen LogP contribution in [-0.2, 0) is 21.2 Å². The normalized spacial score (nSPS) is 22.5. The van der Waals surface area contributed by atoms with Crippen LogP contribution in [0.1, 0.15) is 73.7 Å². The van der Waals surface area contributed by atoms with Gasteiger partial charge in [0, 0.05) is 31.6 Å². The summed E-state index contributed by atoms with van der Waals surface area (Å²) in [4.78, 5) is 36.8. The van der Waals surface area contributed by atoms with Gasteiger partial charge in [-0.25, -0.2) is 23.1 Å². The summed E-state index contributed by atoms with van der Waals surface area (Å²) in [5, 5.41) is 0.821. The average Bonchev–Trinajstić information content (AvgIpc) is 3.58. The number of nitrogens with one attached hydrogen (secondary N) is 1. The maximum absolute atomic E-state index is 13.6. The van der Waals surface area contributed by atoms with Crippen LogP contribution >= 0.6 is 0 Å². The van der Waals surface area contributed by atoms with Gasteiger partial charge in [-0.1, -0.05) is 24.3 Å². The number of rotatable bonds is 9. The van der Waals surface area contributed by atoms with Crippen molar-refractivity contribution in [3.8, 4) is 0 Å². The molecule has 2 heterocycles. The van der Waals surface area contributed by atoms with Crippen molar-refractivity contribution in [1.29, 1.82) is 0 Å². The molecule has 1 N–H and O–H groups in total. The van der Waals surface area contributed by atoms with Crippen molar-refractivity contribution in [2.75, 3.05) is 24.7 Å². The van der Waals surface area contributed by atoms with Crippen molar-refractivity contribution in [2.45, 2.75) is 70.3 Å². The first-order chi connectivity index (χ1) is 19.2. The van der Waals surface area contributed by atoms with Gasteiger partial charge >= 0.3 is 0 Å². The summed E-state index contributed by atoms with van der Waals surface area (Å²) in [7, 11) is 0.265. The second-order valence-corrected chi connectivity index (χ2v) is 13.4. The number of nitrogens with zero attached hydrogens (tertiary/aromatic N) is 4. The molecule has 1 aromatic carbocycles. The lowest BCUT2D eigenvalue weighted by Gasteiger charge is -2.35. The largest absolute Gasteiger partial charge is 0.356 e. The van der Waals surface area contributed by atoms with E-state index in [4.69, 9.17) is 0 Å². The zero-order chi connectivity index (χ0) is 28.4. The van der Waals surface area contributed by atoms with Gasteiger partial charge in [0.05, 0.1) is 17.1 Å². The van der Waals surface area contributed by atoms with Crippen molar-refractivity contribution < 1.29 is 18.0 Å². The number of hydrogen-bond donors (Lipinski definition) is 1. The van der Waals surface area contributed by atoms with Crippen molar-refractivity contribution >= 4 is 38.6 Å². The Morgan fingerprint density at radius 1 is 1.10 bits per heavy atom. The molecule has 0 amide bonds. The summed E-state index contributed by atoms with van der Waals surface area (Å²) in [5.41, 5.74) is 2.64. The van der Waals surface area contributed by atoms with E-state index in [0.717, 1.165) is 67.3 Å². The molecule has 214 valence electrons. The van der Waals surface area contributed by atoms with Crippen LogP contribution in [0.2, 0.25) is 0 Å². The van der Waals surface area contributed by atoms with Gasteiger partial charge in [-0.05, 0) is 82.0 Å². The minimum Gasteiger partial charge on any atom is -0.356 e. The maximum Gasteiger partial charge on any atom is 0.239 e. The summed E-state index contributed by atoms with van der Waals surface area (Å²) in [6.07, 6.45) is 10.2. The molecule has 2 saturated carbocycles. The van der Waals surface area contributed by atoms with Crippen LogP contribution in [0.15, 0.2) is 42.9 Å². The van der Waals surface area contributed by atoms with Gasteiger partial charge in [0.15, 0.2) is 5.65 Å². The number of sulfonamides is 1. The predicted molar refractivity (Wildman–Crippen MR) is 156 cm³/mol. The molecule has 5 rings (SSSR count). The third-order valence-corrected chi connectivity index (χ3v) is 10.5. The van der Waals surface area contributed by atoms with Gasteiger partial charge in [0.2, 0.25) is 15.9 Å². The van der Waals surface area contributed by atoms with Crippen LogP contribution in [0.3, 0.4) is 0 Å². The van der Waals surface area contributed by atoms with Crippen LogP contribution in [0.4, 0.5) is 5.82 Å². The van der Waals surface area contributed by atoms with E-state index in [9.17, 15) is 18.0 Å². The smallest absolute Gasteiger partial charge is 0.239 e. The Hall–Kier alpha value is -3.11. The highest BCUT2D eigenvalue weighted by molar-refractivity contribution is 7.89. The molecule has 9 nitrogen and oxygen atoms in total.